The van der Waals surface area contributed by atoms with Gasteiger partial charge in [-0.05, 0) is 184 Å². The number of ether oxygens (including phenoxy) is 1. The lowest BCUT2D eigenvalue weighted by Crippen LogP contribution is -2.16. The number of halogens is 3. The molecule has 0 radical (unpaired) electrons. The fraction of sp³-hybridized carbons (Fsp3) is 0.293. The van der Waals surface area contributed by atoms with Gasteiger partial charge < -0.3 is 10.1 Å². The van der Waals surface area contributed by atoms with Crippen molar-refractivity contribution in [1.29, 1.82) is 0 Å². The van der Waals surface area contributed by atoms with Crippen molar-refractivity contribution in [1.82, 2.24) is 10.3 Å². The van der Waals surface area contributed by atoms with Gasteiger partial charge in [-0.15, -0.1) is 0 Å². The third-order valence-electron chi connectivity index (χ3n) is 15.4. The van der Waals surface area contributed by atoms with Crippen LogP contribution in [0.3, 0.4) is 0 Å². The topological polar surface area (TPSA) is 34.1 Å². The van der Waals surface area contributed by atoms with Crippen LogP contribution >= 0.6 is 23.2 Å². The van der Waals surface area contributed by atoms with E-state index in [0.717, 1.165) is 106 Å². The minimum Gasteiger partial charge on any atom is -0.494 e. The standard InChI is InChI=1S/C16H17Cl.C16H17F.C16H19N.C16H18.C15H17N.C11H15ClO.2CH4/c1-12(2)10-13-8-9-15(16(17)11-13)14-6-4-3-5-7-14;1-12(2)10-15-9-8-14(11-16(15)17)13-6-4-3-5-7-13;1-12(2)11-15-9-10-16(17-13(15)3)14-7-5-4-6-8-14;1-13(2)12-14-8-10-16(11-9-14)15-6-4-3-5-7-15;1-12(2)10-13-8-9-15(16-11-13)14-6-4-3-5-7-14;1-9(2)7-8-13-11-5-3-10(12)4-6-11;;/h2*3-9,11-12H,10H2,1-2H3;4-10,12,17H,3,11H2,1-2H3;3-11,13H,12H2,1-2H3;3-9,11-12H,10H2,1-2H3;3-6,9H,7-8H2,1-2H3;2*1H4. The summed E-state index contributed by atoms with van der Waals surface area (Å²) in [5.74, 6) is 4.69. The first-order valence-electron chi connectivity index (χ1n) is 34.3. The zero-order chi connectivity index (χ0) is 69.2. The summed E-state index contributed by atoms with van der Waals surface area (Å²) in [6.07, 6.45) is 12.6. The highest BCUT2D eigenvalue weighted by Crippen LogP contribution is 2.31. The van der Waals surface area contributed by atoms with E-state index in [-0.39, 0.29) is 20.7 Å². The maximum atomic E-state index is 13.9. The summed E-state index contributed by atoms with van der Waals surface area (Å²) in [7, 11) is 0. The summed E-state index contributed by atoms with van der Waals surface area (Å²) in [6.45, 7) is 31.3. The number of benzene rings is 9. The molecule has 1 aliphatic rings. The Bertz CT molecular complexity index is 3770. The van der Waals surface area contributed by atoms with Crippen LogP contribution in [0.15, 0.2) is 285 Å². The SMILES string of the molecule is C.C.C=C1NC(c2ccccc2)=CC=C1CC(C)C.CC(C)CCOc1ccc(Cl)cc1.CC(C)Cc1ccc(-c2ccccc2)c(Cl)c1.CC(C)Cc1ccc(-c2ccccc2)cc1.CC(C)Cc1ccc(-c2ccccc2)cc1F.CC(C)Cc1ccc(-c2ccccc2)nc1. The number of nitrogens with zero attached hydrogens (tertiary/aromatic N) is 1. The molecular formula is C92H111Cl2FN2O. The Morgan fingerprint density at radius 1 is 0.408 bits per heavy atom. The lowest BCUT2D eigenvalue weighted by atomic mass is 9.97. The van der Waals surface area contributed by atoms with E-state index >= 15 is 0 Å². The van der Waals surface area contributed by atoms with E-state index in [2.05, 4.69) is 233 Å². The van der Waals surface area contributed by atoms with Gasteiger partial charge in [0.1, 0.15) is 11.6 Å². The first-order chi connectivity index (χ1) is 46.2. The van der Waals surface area contributed by atoms with Gasteiger partial charge in [-0.3, -0.25) is 4.98 Å². The second-order valence-corrected chi connectivity index (χ2v) is 27.9. The second kappa shape index (κ2) is 44.4. The molecule has 1 aromatic heterocycles. The minimum absolute atomic E-state index is 0. The van der Waals surface area contributed by atoms with Crippen molar-refractivity contribution in [2.75, 3.05) is 6.61 Å². The van der Waals surface area contributed by atoms with Crippen LogP contribution in [-0.4, -0.2) is 11.6 Å². The number of hydrogen-bond acceptors (Lipinski definition) is 3. The molecule has 0 saturated heterocycles. The van der Waals surface area contributed by atoms with E-state index in [9.17, 15) is 4.39 Å². The van der Waals surface area contributed by atoms with Crippen LogP contribution in [0.4, 0.5) is 4.39 Å². The fourth-order valence-electron chi connectivity index (χ4n) is 10.6. The van der Waals surface area contributed by atoms with Crippen molar-refractivity contribution in [2.24, 2.45) is 35.5 Å². The van der Waals surface area contributed by atoms with Crippen LogP contribution in [0.25, 0.3) is 50.3 Å². The molecular weight excluding hydrogens is 1240 g/mol. The molecule has 0 unspecified atom stereocenters. The third-order valence-corrected chi connectivity index (χ3v) is 16.0. The lowest BCUT2D eigenvalue weighted by molar-refractivity contribution is 0.289. The number of pyridine rings is 1. The molecule has 0 atom stereocenters. The molecule has 2 heterocycles. The van der Waals surface area contributed by atoms with Crippen LogP contribution in [0, 0.1) is 41.3 Å². The van der Waals surface area contributed by atoms with E-state index in [1.165, 1.54) is 50.1 Å². The van der Waals surface area contributed by atoms with E-state index in [4.69, 9.17) is 27.9 Å². The molecule has 3 nitrogen and oxygen atoms in total. The molecule has 0 amide bonds. The van der Waals surface area contributed by atoms with Gasteiger partial charge in [0.05, 0.1) is 12.3 Å². The molecule has 0 spiro atoms. The van der Waals surface area contributed by atoms with E-state index < -0.39 is 0 Å². The minimum atomic E-state index is -0.0972. The number of dihydropyridines is 1. The Labute approximate surface area is 602 Å². The van der Waals surface area contributed by atoms with Gasteiger partial charge in [0.15, 0.2) is 0 Å². The fourth-order valence-corrected chi connectivity index (χ4v) is 11.1. The summed E-state index contributed by atoms with van der Waals surface area (Å²) < 4.78 is 19.4. The highest BCUT2D eigenvalue weighted by Gasteiger charge is 2.13. The van der Waals surface area contributed by atoms with E-state index in [1.807, 2.05) is 128 Å². The summed E-state index contributed by atoms with van der Waals surface area (Å²) in [5.41, 5.74) is 18.6. The van der Waals surface area contributed by atoms with Crippen molar-refractivity contribution in [3.63, 3.8) is 0 Å². The predicted octanol–water partition coefficient (Wildman–Crippen LogP) is 27.5. The molecule has 6 heteroatoms. The number of allylic oxidation sites excluding steroid dienone is 3. The zero-order valence-corrected chi connectivity index (χ0v) is 60.5. The van der Waals surface area contributed by atoms with E-state index in [0.29, 0.717) is 29.6 Å². The second-order valence-electron chi connectivity index (χ2n) is 27.0. The molecule has 10 aromatic rings. The Morgan fingerprint density at radius 2 is 0.847 bits per heavy atom. The smallest absolute Gasteiger partial charge is 0.127 e. The first kappa shape index (κ1) is 81.9. The van der Waals surface area contributed by atoms with Gasteiger partial charge in [0.25, 0.3) is 0 Å². The molecule has 516 valence electrons. The predicted molar refractivity (Wildman–Crippen MR) is 429 cm³/mol. The van der Waals surface area contributed by atoms with Gasteiger partial charge in [-0.2, -0.15) is 0 Å². The van der Waals surface area contributed by atoms with Crippen LogP contribution in [0.5, 0.6) is 5.75 Å². The third kappa shape index (κ3) is 30.5. The molecule has 0 aliphatic carbocycles. The monoisotopic (exact) mass is 1350 g/mol. The van der Waals surface area contributed by atoms with Crippen LogP contribution in [-0.2, 0) is 25.7 Å². The number of hydrogen-bond donors (Lipinski definition) is 1. The molecule has 0 fully saturated rings. The van der Waals surface area contributed by atoms with Gasteiger partial charge in [-0.1, -0.05) is 340 Å². The van der Waals surface area contributed by atoms with Gasteiger partial charge in [0.2, 0.25) is 0 Å². The van der Waals surface area contributed by atoms with Gasteiger partial charge in [0, 0.05) is 38.8 Å². The molecule has 1 aliphatic heterocycles. The Kier molecular flexibility index (Phi) is 37.1. The van der Waals surface area contributed by atoms with Crippen LogP contribution in [0.2, 0.25) is 10.0 Å². The van der Waals surface area contributed by atoms with Crippen LogP contribution < -0.4 is 10.1 Å². The molecule has 9 aromatic carbocycles. The lowest BCUT2D eigenvalue weighted by Gasteiger charge is -2.21. The molecule has 0 bridgehead atoms. The zero-order valence-electron chi connectivity index (χ0n) is 59.0. The summed E-state index contributed by atoms with van der Waals surface area (Å²) in [6, 6.07) is 83.9. The molecule has 0 saturated carbocycles. The van der Waals surface area contributed by atoms with Crippen molar-refractivity contribution in [3.05, 3.63) is 329 Å². The average Bonchev–Trinajstić information content (AvgIpc) is 0.912. The van der Waals surface area contributed by atoms with Gasteiger partial charge in [-0.25, -0.2) is 4.39 Å². The Morgan fingerprint density at radius 3 is 1.32 bits per heavy atom. The van der Waals surface area contributed by atoms with Gasteiger partial charge >= 0.3 is 0 Å². The highest BCUT2D eigenvalue weighted by molar-refractivity contribution is 6.33. The number of nitrogens with one attached hydrogen (secondary N) is 1. The maximum absolute atomic E-state index is 13.9. The van der Waals surface area contributed by atoms with Crippen molar-refractivity contribution in [3.8, 4) is 50.4 Å². The summed E-state index contributed by atoms with van der Waals surface area (Å²) in [4.78, 5) is 4.50. The molecule has 98 heavy (non-hydrogen) atoms. The summed E-state index contributed by atoms with van der Waals surface area (Å²) >= 11 is 12.1. The average molecular weight is 1350 g/mol. The highest BCUT2D eigenvalue weighted by atomic mass is 35.5. The normalized spacial score (nSPS) is 11.3. The summed E-state index contributed by atoms with van der Waals surface area (Å²) in [5, 5.41) is 4.97. The number of rotatable bonds is 19. The quantitative estimate of drug-likeness (QED) is 0.0876. The Balaban J connectivity index is 0.000000249. The van der Waals surface area contributed by atoms with Crippen LogP contribution in [0.1, 0.15) is 139 Å². The molecule has 1 N–H and O–H groups in total. The molecule has 11 rings (SSSR count). The maximum Gasteiger partial charge on any atom is 0.127 e. The van der Waals surface area contributed by atoms with E-state index in [1.54, 1.807) is 6.07 Å². The largest absolute Gasteiger partial charge is 0.494 e. The first-order valence-corrected chi connectivity index (χ1v) is 35.1. The van der Waals surface area contributed by atoms with Crippen molar-refractivity contribution in [2.45, 2.75) is 136 Å². The number of aromatic nitrogens is 1. The Hall–Kier alpha value is -8.54. The van der Waals surface area contributed by atoms with Crippen molar-refractivity contribution >= 4 is 28.9 Å². The van der Waals surface area contributed by atoms with Crippen molar-refractivity contribution < 1.29 is 9.13 Å².